The lowest BCUT2D eigenvalue weighted by atomic mass is 9.82. The number of nitrogens with zero attached hydrogens (tertiary/aromatic N) is 3. The Morgan fingerprint density at radius 2 is 1.89 bits per heavy atom. The van der Waals surface area contributed by atoms with Crippen LogP contribution in [-0.2, 0) is 11.2 Å². The fourth-order valence-corrected chi connectivity index (χ4v) is 5.06. The molecule has 0 spiro atoms. The number of alkyl halides is 3. The fraction of sp³-hybridized carbons (Fsp3) is 0.600. The van der Waals surface area contributed by atoms with Crippen LogP contribution in [0.3, 0.4) is 0 Å². The molecule has 0 bridgehead atoms. The van der Waals surface area contributed by atoms with Crippen molar-refractivity contribution in [3.63, 3.8) is 0 Å². The summed E-state index contributed by atoms with van der Waals surface area (Å²) in [6.45, 7) is 4.09. The van der Waals surface area contributed by atoms with Gasteiger partial charge in [0.25, 0.3) is 0 Å². The summed E-state index contributed by atoms with van der Waals surface area (Å²) in [6.07, 6.45) is -2.64. The third-order valence-electron chi connectivity index (χ3n) is 7.00. The van der Waals surface area contributed by atoms with Crippen molar-refractivity contribution in [3.05, 3.63) is 46.8 Å². The molecule has 1 aromatic heterocycles. The van der Waals surface area contributed by atoms with Crippen molar-refractivity contribution in [2.75, 3.05) is 39.9 Å². The second-order valence-electron chi connectivity index (χ2n) is 9.67. The van der Waals surface area contributed by atoms with E-state index in [-0.39, 0.29) is 29.7 Å². The van der Waals surface area contributed by atoms with Crippen molar-refractivity contribution in [2.45, 2.75) is 56.9 Å². The van der Waals surface area contributed by atoms with Gasteiger partial charge in [-0.1, -0.05) is 12.1 Å². The van der Waals surface area contributed by atoms with Crippen molar-refractivity contribution in [3.8, 4) is 5.75 Å². The van der Waals surface area contributed by atoms with Gasteiger partial charge in [0, 0.05) is 57.2 Å². The van der Waals surface area contributed by atoms with Gasteiger partial charge in [0.15, 0.2) is 0 Å². The Hall–Kier alpha value is -2.79. The third-order valence-corrected chi connectivity index (χ3v) is 7.00. The number of aromatic nitrogens is 2. The minimum Gasteiger partial charge on any atom is -0.406 e. The van der Waals surface area contributed by atoms with Crippen LogP contribution in [0, 0.1) is 6.92 Å². The molecule has 3 heterocycles. The number of amides is 2. The van der Waals surface area contributed by atoms with E-state index in [1.807, 2.05) is 11.0 Å². The molecule has 4 rings (SSSR count). The maximum absolute atomic E-state index is 13.4. The topological polar surface area (TPSA) is 90.9 Å². The maximum Gasteiger partial charge on any atom is 0.573 e. The van der Waals surface area contributed by atoms with E-state index >= 15 is 0 Å². The van der Waals surface area contributed by atoms with Crippen LogP contribution < -0.4 is 4.74 Å². The highest BCUT2D eigenvalue weighted by Crippen LogP contribution is 2.38. The molecule has 11 heteroatoms. The van der Waals surface area contributed by atoms with Gasteiger partial charge in [-0.15, -0.1) is 13.2 Å². The number of aliphatic hydroxyl groups excluding tert-OH is 1. The highest BCUT2D eigenvalue weighted by atomic mass is 19.4. The van der Waals surface area contributed by atoms with E-state index in [0.717, 1.165) is 17.0 Å². The summed E-state index contributed by atoms with van der Waals surface area (Å²) >= 11 is 0. The molecule has 2 aliphatic heterocycles. The molecule has 2 aromatic rings. The molecule has 2 saturated heterocycles. The number of rotatable bonds is 6. The summed E-state index contributed by atoms with van der Waals surface area (Å²) < 4.78 is 47.5. The number of H-pyrrole nitrogens is 1. The van der Waals surface area contributed by atoms with Gasteiger partial charge in [0.2, 0.25) is 0 Å². The summed E-state index contributed by atoms with van der Waals surface area (Å²) in [5, 5.41) is 17.4. The Morgan fingerprint density at radius 3 is 2.56 bits per heavy atom. The minimum absolute atomic E-state index is 0.0398. The first-order valence-electron chi connectivity index (χ1n) is 12.2. The number of carbonyl (C=O) groups excluding carboxylic acids is 1. The van der Waals surface area contributed by atoms with E-state index in [1.165, 1.54) is 6.07 Å². The normalized spacial score (nSPS) is 21.6. The molecule has 2 amide bonds. The molecule has 0 saturated carbocycles. The van der Waals surface area contributed by atoms with Gasteiger partial charge in [0.05, 0.1) is 18.4 Å². The molecule has 2 fully saturated rings. The molecule has 2 atom stereocenters. The van der Waals surface area contributed by atoms with Crippen LogP contribution in [0.2, 0.25) is 0 Å². The zero-order valence-electron chi connectivity index (χ0n) is 20.6. The van der Waals surface area contributed by atoms with Gasteiger partial charge < -0.3 is 24.4 Å². The first-order chi connectivity index (χ1) is 17.1. The van der Waals surface area contributed by atoms with Crippen molar-refractivity contribution in [1.29, 1.82) is 0 Å². The van der Waals surface area contributed by atoms with Crippen molar-refractivity contribution < 1.29 is 32.5 Å². The Morgan fingerprint density at radius 1 is 1.17 bits per heavy atom. The lowest BCUT2D eigenvalue weighted by Crippen LogP contribution is -2.51. The van der Waals surface area contributed by atoms with Gasteiger partial charge in [-0.3, -0.25) is 5.10 Å². The fourth-order valence-electron chi connectivity index (χ4n) is 5.06. The van der Waals surface area contributed by atoms with E-state index in [2.05, 4.69) is 14.9 Å². The molecular weight excluding hydrogens is 477 g/mol. The number of aliphatic hydroxyl groups is 1. The number of methoxy groups -OCH3 is 1. The van der Waals surface area contributed by atoms with E-state index in [0.29, 0.717) is 64.0 Å². The average Bonchev–Trinajstić information content (AvgIpc) is 3.32. The molecule has 8 nitrogen and oxygen atoms in total. The van der Waals surface area contributed by atoms with Gasteiger partial charge in [-0.25, -0.2) is 4.79 Å². The zero-order chi connectivity index (χ0) is 25.9. The SMILES string of the molecule is COCCc1cc(C2CC(c3ccc(OC(F)(F)F)c(C)c3)CN(C(=O)N3CCC(O)CC3)C2)n[nH]1. The van der Waals surface area contributed by atoms with Gasteiger partial charge in [0.1, 0.15) is 5.75 Å². The minimum atomic E-state index is -4.76. The molecule has 0 aliphatic carbocycles. The van der Waals surface area contributed by atoms with Crippen molar-refractivity contribution >= 4 is 6.03 Å². The number of aromatic amines is 1. The monoisotopic (exact) mass is 510 g/mol. The number of benzene rings is 1. The summed E-state index contributed by atoms with van der Waals surface area (Å²) in [5.74, 6) is -0.351. The number of urea groups is 1. The molecule has 2 aliphatic rings. The van der Waals surface area contributed by atoms with E-state index < -0.39 is 6.36 Å². The number of ether oxygens (including phenoxy) is 2. The molecular formula is C25H33F3N4O4. The number of likely N-dealkylation sites (tertiary alicyclic amines) is 2. The van der Waals surface area contributed by atoms with E-state index in [4.69, 9.17) is 4.74 Å². The number of nitrogens with one attached hydrogen (secondary N) is 1. The molecule has 2 unspecified atom stereocenters. The second kappa shape index (κ2) is 11.1. The van der Waals surface area contributed by atoms with E-state index in [1.54, 1.807) is 31.1 Å². The standard InChI is InChI=1S/C25H33F3N4O4/c1-16-11-17(3-4-23(16)36-25(26,27)28)18-12-19(22-13-20(29-30-22)7-10-35-2)15-32(14-18)24(34)31-8-5-21(33)6-9-31/h3-4,11,13,18-19,21,33H,5-10,12,14-15H2,1-2H3,(H,29,30). The molecule has 1 aromatic carbocycles. The third kappa shape index (κ3) is 6.50. The Bertz CT molecular complexity index is 1040. The predicted octanol–water partition coefficient (Wildman–Crippen LogP) is 3.96. The second-order valence-corrected chi connectivity index (χ2v) is 9.67. The predicted molar refractivity (Wildman–Crippen MR) is 126 cm³/mol. The number of halogens is 3. The summed E-state index contributed by atoms with van der Waals surface area (Å²) in [6, 6.07) is 6.62. The highest BCUT2D eigenvalue weighted by Gasteiger charge is 2.36. The largest absolute Gasteiger partial charge is 0.573 e. The Kier molecular flexibility index (Phi) is 8.09. The first-order valence-corrected chi connectivity index (χ1v) is 12.2. The van der Waals surface area contributed by atoms with E-state index in [9.17, 15) is 23.1 Å². The number of aryl methyl sites for hydroxylation is 1. The summed E-state index contributed by atoms with van der Waals surface area (Å²) in [7, 11) is 1.64. The summed E-state index contributed by atoms with van der Waals surface area (Å²) in [5.41, 5.74) is 3.04. The number of piperidine rings is 2. The maximum atomic E-state index is 13.4. The zero-order valence-corrected chi connectivity index (χ0v) is 20.6. The lowest BCUT2D eigenvalue weighted by Gasteiger charge is -2.41. The van der Waals surface area contributed by atoms with Gasteiger partial charge in [-0.05, 0) is 49.4 Å². The number of hydrogen-bond donors (Lipinski definition) is 2. The van der Waals surface area contributed by atoms with Crippen LogP contribution in [0.1, 0.15) is 53.6 Å². The van der Waals surface area contributed by atoms with Crippen LogP contribution in [0.15, 0.2) is 24.3 Å². The van der Waals surface area contributed by atoms with Crippen LogP contribution in [0.4, 0.5) is 18.0 Å². The van der Waals surface area contributed by atoms with Crippen molar-refractivity contribution in [1.82, 2.24) is 20.0 Å². The number of carbonyl (C=O) groups is 1. The molecule has 2 N–H and O–H groups in total. The highest BCUT2D eigenvalue weighted by molar-refractivity contribution is 5.75. The molecule has 0 radical (unpaired) electrons. The first kappa shape index (κ1) is 26.3. The average molecular weight is 511 g/mol. The molecule has 198 valence electrons. The lowest BCUT2D eigenvalue weighted by molar-refractivity contribution is -0.274. The van der Waals surface area contributed by atoms with Crippen LogP contribution >= 0.6 is 0 Å². The smallest absolute Gasteiger partial charge is 0.406 e. The number of hydrogen-bond acceptors (Lipinski definition) is 5. The van der Waals surface area contributed by atoms with Gasteiger partial charge in [-0.2, -0.15) is 5.10 Å². The Balaban J connectivity index is 1.57. The van der Waals surface area contributed by atoms with Gasteiger partial charge >= 0.3 is 12.4 Å². The quantitative estimate of drug-likeness (QED) is 0.614. The van der Waals surface area contributed by atoms with Crippen LogP contribution in [-0.4, -0.2) is 83.5 Å². The summed E-state index contributed by atoms with van der Waals surface area (Å²) in [4.78, 5) is 17.0. The van der Waals surface area contributed by atoms with Crippen molar-refractivity contribution in [2.24, 2.45) is 0 Å². The van der Waals surface area contributed by atoms with Crippen LogP contribution in [0.5, 0.6) is 5.75 Å². The Labute approximate surface area is 208 Å². The van der Waals surface area contributed by atoms with Crippen LogP contribution in [0.25, 0.3) is 0 Å². The molecule has 36 heavy (non-hydrogen) atoms.